The minimum Gasteiger partial charge on any atom is -1.00 e. The molecule has 0 spiro atoms. The molecule has 27 heavy (non-hydrogen) atoms. The molecule has 0 unspecified atom stereocenters. The molecule has 1 radical (unpaired) electrons. The Hall–Kier alpha value is -1.85. The molecule has 0 N–H and O–H groups in total. The molecular weight excluding hydrogens is 433 g/mol. The Morgan fingerprint density at radius 1 is 1.22 bits per heavy atom. The van der Waals surface area contributed by atoms with E-state index in [9.17, 15) is 9.90 Å². The summed E-state index contributed by atoms with van der Waals surface area (Å²) in [5.74, 6) is -0.470. The van der Waals surface area contributed by atoms with E-state index in [2.05, 4.69) is 4.99 Å². The summed E-state index contributed by atoms with van der Waals surface area (Å²) in [7, 11) is 0. The van der Waals surface area contributed by atoms with Gasteiger partial charge < -0.3 is 22.3 Å². The number of benzene rings is 2. The fourth-order valence-corrected chi connectivity index (χ4v) is 3.66. The smallest absolute Gasteiger partial charge is 1.00 e. The number of aliphatic imine (C=N–C) groups is 1. The van der Waals surface area contributed by atoms with E-state index in [4.69, 9.17) is 4.74 Å². The third-order valence-corrected chi connectivity index (χ3v) is 5.20. The minimum atomic E-state index is -0.378. The Bertz CT molecular complexity index is 985. The van der Waals surface area contributed by atoms with E-state index in [1.165, 1.54) is 11.3 Å². The summed E-state index contributed by atoms with van der Waals surface area (Å²) in [5, 5.41) is 14.7. The van der Waals surface area contributed by atoms with Gasteiger partial charge in [0.15, 0.2) is 0 Å². The zero-order valence-electron chi connectivity index (χ0n) is 15.0. The number of esters is 1. The van der Waals surface area contributed by atoms with Crippen LogP contribution in [0.1, 0.15) is 33.3 Å². The molecule has 0 aliphatic rings. The number of hydrogen-bond acceptors (Lipinski definition) is 5. The van der Waals surface area contributed by atoms with Crippen molar-refractivity contribution in [3.8, 4) is 5.75 Å². The summed E-state index contributed by atoms with van der Waals surface area (Å²) < 4.78 is 5.14. The van der Waals surface area contributed by atoms with E-state index in [0.717, 1.165) is 21.2 Å². The van der Waals surface area contributed by atoms with Gasteiger partial charge in [-0.25, -0.2) is 9.79 Å². The summed E-state index contributed by atoms with van der Waals surface area (Å²) in [5.41, 5.74) is 1.88. The van der Waals surface area contributed by atoms with Gasteiger partial charge in [0.05, 0.1) is 12.2 Å². The number of ether oxygens (including phenoxy) is 1. The molecule has 1 aromatic heterocycles. The fourth-order valence-electron chi connectivity index (χ4n) is 2.68. The van der Waals surface area contributed by atoms with Crippen LogP contribution in [0.3, 0.4) is 0 Å². The van der Waals surface area contributed by atoms with Gasteiger partial charge in [0.2, 0.25) is 0 Å². The molecule has 7 heteroatoms. The van der Waals surface area contributed by atoms with Crippen LogP contribution in [0.4, 0.5) is 5.00 Å². The zero-order valence-corrected chi connectivity index (χ0v) is 17.5. The molecule has 3 aromatic rings. The van der Waals surface area contributed by atoms with Gasteiger partial charge in [-0.1, -0.05) is 42.1 Å². The van der Waals surface area contributed by atoms with E-state index in [0.29, 0.717) is 22.7 Å². The summed E-state index contributed by atoms with van der Waals surface area (Å²) in [6.45, 7) is 5.91. The largest absolute Gasteiger partial charge is 2.00 e. The van der Waals surface area contributed by atoms with Crippen LogP contribution in [0.25, 0.3) is 10.8 Å². The first-order chi connectivity index (χ1) is 12.0. The Kier molecular flexibility index (Phi) is 8.51. The molecule has 0 amide bonds. The summed E-state index contributed by atoms with van der Waals surface area (Å²) >= 11 is 1.42. The Morgan fingerprint density at radius 3 is 2.63 bits per heavy atom. The molecule has 0 aliphatic carbocycles. The number of fused-ring (bicyclic) bond motifs is 1. The van der Waals surface area contributed by atoms with E-state index < -0.39 is 0 Å². The monoisotopic (exact) mass is 450 g/mol. The topological polar surface area (TPSA) is 61.7 Å². The molecule has 0 saturated carbocycles. The first-order valence-electron chi connectivity index (χ1n) is 8.02. The molecule has 0 saturated heterocycles. The fraction of sp³-hybridized carbons (Fsp3) is 0.200. The van der Waals surface area contributed by atoms with Gasteiger partial charge in [-0.2, -0.15) is 0 Å². The number of hydrogen-bond donors (Lipinski definition) is 0. The third-order valence-electron chi connectivity index (χ3n) is 4.09. The Morgan fingerprint density at radius 2 is 1.93 bits per heavy atom. The van der Waals surface area contributed by atoms with Gasteiger partial charge in [0.25, 0.3) is 0 Å². The molecule has 1 heterocycles. The van der Waals surface area contributed by atoms with Crippen molar-refractivity contribution < 1.29 is 44.1 Å². The number of carbonyl (C=O) groups excluding carboxylic acids is 1. The summed E-state index contributed by atoms with van der Waals surface area (Å²) in [6, 6.07) is 11.0. The van der Waals surface area contributed by atoms with Crippen molar-refractivity contribution in [3.63, 3.8) is 0 Å². The first kappa shape index (κ1) is 23.2. The molecule has 0 bridgehead atoms. The van der Waals surface area contributed by atoms with Crippen LogP contribution in [0.2, 0.25) is 0 Å². The Balaban J connectivity index is 0.00000182. The number of halogens is 1. The molecule has 3 rings (SSSR count). The maximum atomic E-state index is 12.3. The number of rotatable bonds is 4. The second-order valence-corrected chi connectivity index (χ2v) is 6.84. The van der Waals surface area contributed by atoms with Crippen LogP contribution >= 0.6 is 11.3 Å². The molecule has 0 fully saturated rings. The first-order valence-corrected chi connectivity index (χ1v) is 8.84. The van der Waals surface area contributed by atoms with Crippen molar-refractivity contribution in [2.45, 2.75) is 20.8 Å². The molecular formula is C20H18ClCuNO3S. The number of nitrogens with zero attached hydrogens (tertiary/aromatic N) is 1. The van der Waals surface area contributed by atoms with E-state index in [1.54, 1.807) is 25.3 Å². The second kappa shape index (κ2) is 9.90. The van der Waals surface area contributed by atoms with Gasteiger partial charge >= 0.3 is 23.0 Å². The predicted octanol–water partition coefficient (Wildman–Crippen LogP) is 1.52. The van der Waals surface area contributed by atoms with E-state index in [1.807, 2.05) is 38.1 Å². The zero-order chi connectivity index (χ0) is 18.0. The second-order valence-electron chi connectivity index (χ2n) is 5.64. The maximum absolute atomic E-state index is 12.3. The van der Waals surface area contributed by atoms with Crippen molar-refractivity contribution >= 4 is 39.3 Å². The summed E-state index contributed by atoms with van der Waals surface area (Å²) in [4.78, 5) is 17.7. The van der Waals surface area contributed by atoms with Crippen molar-refractivity contribution in [1.29, 1.82) is 0 Å². The van der Waals surface area contributed by atoms with Gasteiger partial charge in [-0.05, 0) is 42.7 Å². The normalized spacial score (nSPS) is 10.5. The minimum absolute atomic E-state index is 0. The van der Waals surface area contributed by atoms with E-state index in [-0.39, 0.29) is 41.2 Å². The summed E-state index contributed by atoms with van der Waals surface area (Å²) in [6.07, 6.45) is 1.55. The number of thiophene rings is 1. The van der Waals surface area contributed by atoms with E-state index >= 15 is 0 Å². The van der Waals surface area contributed by atoms with Crippen molar-refractivity contribution in [1.82, 2.24) is 0 Å². The molecule has 0 atom stereocenters. The SMILES string of the molecule is CCOC(=O)c1c(/N=C/c2c([O-])ccc3ccccc23)sc(C)c1C.[Cl-].[Cu+2]. The van der Waals surface area contributed by atoms with Gasteiger partial charge in [0, 0.05) is 11.1 Å². The number of aryl methyl sites for hydroxylation is 1. The standard InChI is InChI=1S/C20H19NO3S.ClH.Cu/c1-4-24-20(23)18-12(2)13(3)25-19(18)21-11-16-15-8-6-5-7-14(15)9-10-17(16)22;;/h5-11,22H,4H2,1-3H3;1H;/q;;+2/p-2/b21-11+;;. The van der Waals surface area contributed by atoms with Gasteiger partial charge in [-0.3, -0.25) is 0 Å². The predicted molar refractivity (Wildman–Crippen MR) is 100 cm³/mol. The van der Waals surface area contributed by atoms with Crippen LogP contribution in [0, 0.1) is 13.8 Å². The quantitative estimate of drug-likeness (QED) is 0.343. The molecule has 2 aromatic carbocycles. The average Bonchev–Trinajstić information content (AvgIpc) is 2.88. The van der Waals surface area contributed by atoms with Crippen LogP contribution in [-0.2, 0) is 21.8 Å². The van der Waals surface area contributed by atoms with Crippen LogP contribution in [0.5, 0.6) is 5.75 Å². The van der Waals surface area contributed by atoms with Crippen molar-refractivity contribution in [2.24, 2.45) is 4.99 Å². The number of carbonyl (C=O) groups is 1. The molecule has 145 valence electrons. The average molecular weight is 451 g/mol. The van der Waals surface area contributed by atoms with Gasteiger partial charge in [-0.15, -0.1) is 11.3 Å². The molecule has 0 aliphatic heterocycles. The maximum Gasteiger partial charge on any atom is 2.00 e. The van der Waals surface area contributed by atoms with Crippen LogP contribution in [0.15, 0.2) is 41.4 Å². The van der Waals surface area contributed by atoms with Crippen molar-refractivity contribution in [3.05, 3.63) is 58.0 Å². The van der Waals surface area contributed by atoms with Gasteiger partial charge in [0.1, 0.15) is 5.00 Å². The van der Waals surface area contributed by atoms with Crippen LogP contribution in [-0.4, -0.2) is 18.8 Å². The Labute approximate surface area is 179 Å². The van der Waals surface area contributed by atoms with Crippen LogP contribution < -0.4 is 17.5 Å². The third kappa shape index (κ3) is 4.71. The molecule has 4 nitrogen and oxygen atoms in total. The van der Waals surface area contributed by atoms with Crippen molar-refractivity contribution in [2.75, 3.05) is 6.61 Å².